The summed E-state index contributed by atoms with van der Waals surface area (Å²) in [6.07, 6.45) is 2.46. The van der Waals surface area contributed by atoms with Gasteiger partial charge >= 0.3 is 0 Å². The Bertz CT molecular complexity index is 675. The first-order valence-electron chi connectivity index (χ1n) is 8.68. The van der Waals surface area contributed by atoms with Crippen molar-refractivity contribution in [1.82, 2.24) is 10.6 Å². The molecule has 0 aliphatic rings. The number of nitrogens with zero attached hydrogens (tertiary/aromatic N) is 1. The zero-order chi connectivity index (χ0) is 18.6. The lowest BCUT2D eigenvalue weighted by molar-refractivity contribution is 0.105. The molecule has 2 aromatic rings. The van der Waals surface area contributed by atoms with Crippen LogP contribution >= 0.6 is 0 Å². The summed E-state index contributed by atoms with van der Waals surface area (Å²) in [5.41, 5.74) is 0.815. The van der Waals surface area contributed by atoms with Gasteiger partial charge in [-0.2, -0.15) is 0 Å². The molecule has 1 aromatic heterocycles. The molecule has 0 spiro atoms. The van der Waals surface area contributed by atoms with Crippen molar-refractivity contribution < 1.29 is 18.3 Å². The molecule has 0 amide bonds. The molecule has 0 unspecified atom stereocenters. The van der Waals surface area contributed by atoms with Crippen LogP contribution in [0, 0.1) is 5.82 Å². The lowest BCUT2D eigenvalue weighted by Gasteiger charge is -2.12. The Balaban J connectivity index is 1.63. The molecule has 26 heavy (non-hydrogen) atoms. The minimum absolute atomic E-state index is 0.272. The fraction of sp³-hybridized carbons (Fsp3) is 0.421. The number of ether oxygens (including phenoxy) is 2. The average molecular weight is 363 g/mol. The van der Waals surface area contributed by atoms with Gasteiger partial charge in [-0.1, -0.05) is 6.07 Å². The smallest absolute Gasteiger partial charge is 0.191 e. The zero-order valence-electron chi connectivity index (χ0n) is 15.3. The van der Waals surface area contributed by atoms with Crippen LogP contribution in [-0.2, 0) is 17.9 Å². The van der Waals surface area contributed by atoms with Gasteiger partial charge in [-0.05, 0) is 43.2 Å². The molecule has 0 radical (unpaired) electrons. The van der Waals surface area contributed by atoms with Gasteiger partial charge in [0.1, 0.15) is 12.4 Å². The van der Waals surface area contributed by atoms with E-state index in [0.29, 0.717) is 32.3 Å². The van der Waals surface area contributed by atoms with Gasteiger partial charge in [-0.25, -0.2) is 4.39 Å². The Morgan fingerprint density at radius 1 is 1.27 bits per heavy atom. The van der Waals surface area contributed by atoms with E-state index in [4.69, 9.17) is 13.9 Å². The highest BCUT2D eigenvalue weighted by molar-refractivity contribution is 5.79. The van der Waals surface area contributed by atoms with E-state index < -0.39 is 0 Å². The molecule has 0 saturated heterocycles. The molecule has 142 valence electrons. The molecule has 1 heterocycles. The number of benzene rings is 1. The van der Waals surface area contributed by atoms with Gasteiger partial charge in [-0.15, -0.1) is 0 Å². The number of nitrogens with one attached hydrogen (secondary N) is 2. The minimum atomic E-state index is -0.359. The molecule has 2 rings (SSSR count). The minimum Gasteiger partial charge on any atom is -0.491 e. The summed E-state index contributed by atoms with van der Waals surface area (Å²) in [4.78, 5) is 4.15. The van der Waals surface area contributed by atoms with Crippen LogP contribution in [0.15, 0.2) is 46.0 Å². The van der Waals surface area contributed by atoms with Crippen LogP contribution in [0.5, 0.6) is 5.75 Å². The Morgan fingerprint density at radius 2 is 2.15 bits per heavy atom. The second-order valence-electron chi connectivity index (χ2n) is 5.54. The maximum Gasteiger partial charge on any atom is 0.191 e. The lowest BCUT2D eigenvalue weighted by atomic mass is 10.2. The molecule has 0 fully saturated rings. The molecule has 7 heteroatoms. The van der Waals surface area contributed by atoms with Crippen molar-refractivity contribution in [2.24, 2.45) is 4.99 Å². The Hall–Kier alpha value is -2.54. The topological polar surface area (TPSA) is 68.0 Å². The van der Waals surface area contributed by atoms with E-state index in [2.05, 4.69) is 15.6 Å². The van der Waals surface area contributed by atoms with Gasteiger partial charge < -0.3 is 24.5 Å². The van der Waals surface area contributed by atoms with Crippen LogP contribution in [0.1, 0.15) is 24.7 Å². The van der Waals surface area contributed by atoms with Crippen LogP contribution in [-0.4, -0.2) is 32.8 Å². The van der Waals surface area contributed by atoms with E-state index in [1.165, 1.54) is 6.07 Å². The molecular formula is C19H26FN3O3. The highest BCUT2D eigenvalue weighted by Gasteiger charge is 2.05. The highest BCUT2D eigenvalue weighted by atomic mass is 19.1. The van der Waals surface area contributed by atoms with Gasteiger partial charge in [0.2, 0.25) is 0 Å². The molecule has 0 aliphatic heterocycles. The summed E-state index contributed by atoms with van der Waals surface area (Å²) in [5.74, 6) is 1.39. The molecule has 0 saturated carbocycles. The largest absolute Gasteiger partial charge is 0.491 e. The fourth-order valence-corrected chi connectivity index (χ4v) is 2.28. The van der Waals surface area contributed by atoms with Gasteiger partial charge in [0.25, 0.3) is 0 Å². The van der Waals surface area contributed by atoms with E-state index in [1.54, 1.807) is 19.4 Å². The number of halogens is 1. The van der Waals surface area contributed by atoms with Gasteiger partial charge in [0.15, 0.2) is 17.5 Å². The first-order chi connectivity index (χ1) is 12.7. The Labute approximate surface area is 153 Å². The van der Waals surface area contributed by atoms with Crippen molar-refractivity contribution in [2.45, 2.75) is 26.5 Å². The van der Waals surface area contributed by atoms with E-state index in [9.17, 15) is 4.39 Å². The SMILES string of the molecule is CCOc1ccc(CNC(=NC)NCCCOCc2ccco2)cc1F. The Morgan fingerprint density at radius 3 is 2.85 bits per heavy atom. The number of hydrogen-bond donors (Lipinski definition) is 2. The molecule has 0 aliphatic carbocycles. The maximum atomic E-state index is 13.8. The van der Waals surface area contributed by atoms with Crippen molar-refractivity contribution in [3.63, 3.8) is 0 Å². The summed E-state index contributed by atoms with van der Waals surface area (Å²) in [7, 11) is 1.70. The van der Waals surface area contributed by atoms with Crippen molar-refractivity contribution in [1.29, 1.82) is 0 Å². The molecule has 0 bridgehead atoms. The number of rotatable bonds is 10. The Kier molecular flexibility index (Phi) is 8.48. The first kappa shape index (κ1) is 19.8. The van der Waals surface area contributed by atoms with Crippen molar-refractivity contribution in [3.05, 3.63) is 53.7 Å². The second kappa shape index (κ2) is 11.1. The summed E-state index contributed by atoms with van der Waals surface area (Å²) in [6, 6.07) is 8.66. The third-order valence-electron chi connectivity index (χ3n) is 3.56. The predicted octanol–water partition coefficient (Wildman–Crippen LogP) is 3.09. The van der Waals surface area contributed by atoms with Crippen LogP contribution in [0.2, 0.25) is 0 Å². The third-order valence-corrected chi connectivity index (χ3v) is 3.56. The molecular weight excluding hydrogens is 337 g/mol. The van der Waals surface area contributed by atoms with Crippen LogP contribution in [0.4, 0.5) is 4.39 Å². The summed E-state index contributed by atoms with van der Waals surface area (Å²) < 4.78 is 29.8. The average Bonchev–Trinajstić information content (AvgIpc) is 3.16. The first-order valence-corrected chi connectivity index (χ1v) is 8.68. The number of guanidine groups is 1. The van der Waals surface area contributed by atoms with Crippen molar-refractivity contribution >= 4 is 5.96 Å². The molecule has 2 N–H and O–H groups in total. The second-order valence-corrected chi connectivity index (χ2v) is 5.54. The number of furan rings is 1. The summed E-state index contributed by atoms with van der Waals surface area (Å²) in [6.45, 7) is 4.55. The van der Waals surface area contributed by atoms with E-state index in [0.717, 1.165) is 24.3 Å². The van der Waals surface area contributed by atoms with Crippen LogP contribution < -0.4 is 15.4 Å². The molecule has 0 atom stereocenters. The zero-order valence-corrected chi connectivity index (χ0v) is 15.3. The van der Waals surface area contributed by atoms with Crippen LogP contribution in [0.3, 0.4) is 0 Å². The summed E-state index contributed by atoms with van der Waals surface area (Å²) in [5, 5.41) is 6.35. The predicted molar refractivity (Wildman–Crippen MR) is 98.8 cm³/mol. The quantitative estimate of drug-likeness (QED) is 0.386. The normalized spacial score (nSPS) is 11.4. The van der Waals surface area contributed by atoms with Crippen molar-refractivity contribution in [3.8, 4) is 5.75 Å². The van der Waals surface area contributed by atoms with Gasteiger partial charge in [0.05, 0.1) is 12.9 Å². The maximum absolute atomic E-state index is 13.8. The third kappa shape index (κ3) is 6.76. The standard InChI is InChI=1S/C19H26FN3O3/c1-3-25-18-8-7-15(12-17(18)20)13-23-19(21-2)22-9-5-10-24-14-16-6-4-11-26-16/h4,6-8,11-12H,3,5,9-10,13-14H2,1-2H3,(H2,21,22,23). The van der Waals surface area contributed by atoms with E-state index in [1.807, 2.05) is 25.1 Å². The molecule has 1 aromatic carbocycles. The number of hydrogen-bond acceptors (Lipinski definition) is 4. The summed E-state index contributed by atoms with van der Waals surface area (Å²) >= 11 is 0. The monoisotopic (exact) mass is 363 g/mol. The molecule has 6 nitrogen and oxygen atoms in total. The van der Waals surface area contributed by atoms with Gasteiger partial charge in [-0.3, -0.25) is 4.99 Å². The van der Waals surface area contributed by atoms with Crippen molar-refractivity contribution in [2.75, 3.05) is 26.8 Å². The fourth-order valence-electron chi connectivity index (χ4n) is 2.28. The number of aliphatic imine (C=N–C) groups is 1. The van der Waals surface area contributed by atoms with Gasteiger partial charge in [0, 0.05) is 26.7 Å². The lowest BCUT2D eigenvalue weighted by Crippen LogP contribution is -2.37. The highest BCUT2D eigenvalue weighted by Crippen LogP contribution is 2.18. The van der Waals surface area contributed by atoms with E-state index >= 15 is 0 Å². The van der Waals surface area contributed by atoms with Crippen LogP contribution in [0.25, 0.3) is 0 Å². The van der Waals surface area contributed by atoms with E-state index in [-0.39, 0.29) is 11.6 Å².